The molecule has 4 nitrogen and oxygen atoms in total. The number of nitro benzene ring substituents is 1. The van der Waals surface area contributed by atoms with Crippen LogP contribution >= 0.6 is 0 Å². The average molecular weight is 219 g/mol. The van der Waals surface area contributed by atoms with Crippen molar-refractivity contribution in [3.05, 3.63) is 39.4 Å². The molecule has 0 saturated carbocycles. The number of fused-ring (bicyclic) bond motifs is 1. The quantitative estimate of drug-likeness (QED) is 0.567. The van der Waals surface area contributed by atoms with E-state index in [9.17, 15) is 14.9 Å². The van der Waals surface area contributed by atoms with Gasteiger partial charge < -0.3 is 0 Å². The SMILES string of the molecule is CCC1CC(=O)c2cccc([N+](=O)[O-])c2C1. The molecule has 1 atom stereocenters. The van der Waals surface area contributed by atoms with Crippen molar-refractivity contribution in [2.75, 3.05) is 0 Å². The number of hydrogen-bond donors (Lipinski definition) is 0. The Morgan fingerprint density at radius 2 is 2.19 bits per heavy atom. The molecule has 0 aliphatic heterocycles. The maximum Gasteiger partial charge on any atom is 0.273 e. The Morgan fingerprint density at radius 3 is 2.81 bits per heavy atom. The van der Waals surface area contributed by atoms with Crippen LogP contribution in [0.3, 0.4) is 0 Å². The summed E-state index contributed by atoms with van der Waals surface area (Å²) in [5, 5.41) is 10.9. The van der Waals surface area contributed by atoms with E-state index in [0.717, 1.165) is 6.42 Å². The summed E-state index contributed by atoms with van der Waals surface area (Å²) in [5.74, 6) is 0.290. The fourth-order valence-electron chi connectivity index (χ4n) is 2.24. The lowest BCUT2D eigenvalue weighted by atomic mass is 9.81. The molecule has 84 valence electrons. The van der Waals surface area contributed by atoms with Gasteiger partial charge in [0, 0.05) is 23.6 Å². The van der Waals surface area contributed by atoms with Crippen molar-refractivity contribution in [3.8, 4) is 0 Å². The number of nitrogens with zero attached hydrogens (tertiary/aromatic N) is 1. The van der Waals surface area contributed by atoms with E-state index in [1.165, 1.54) is 6.07 Å². The molecule has 4 heteroatoms. The number of nitro groups is 1. The zero-order chi connectivity index (χ0) is 11.7. The molecule has 0 spiro atoms. The number of carbonyl (C=O) groups excluding carboxylic acids is 1. The largest absolute Gasteiger partial charge is 0.294 e. The molecule has 1 aliphatic rings. The van der Waals surface area contributed by atoms with Crippen molar-refractivity contribution in [2.45, 2.75) is 26.2 Å². The lowest BCUT2D eigenvalue weighted by molar-refractivity contribution is -0.385. The molecule has 2 rings (SSSR count). The smallest absolute Gasteiger partial charge is 0.273 e. The minimum atomic E-state index is -0.399. The summed E-state index contributed by atoms with van der Waals surface area (Å²) >= 11 is 0. The second kappa shape index (κ2) is 4.04. The van der Waals surface area contributed by atoms with Gasteiger partial charge >= 0.3 is 0 Å². The molecule has 1 unspecified atom stereocenters. The first kappa shape index (κ1) is 10.8. The van der Waals surface area contributed by atoms with Gasteiger partial charge in [-0.2, -0.15) is 0 Å². The molecule has 0 aromatic heterocycles. The summed E-state index contributed by atoms with van der Waals surface area (Å²) in [6, 6.07) is 4.75. The van der Waals surface area contributed by atoms with Crippen molar-refractivity contribution >= 4 is 11.5 Å². The van der Waals surface area contributed by atoms with Gasteiger partial charge in [0.25, 0.3) is 5.69 Å². The molecule has 0 heterocycles. The summed E-state index contributed by atoms with van der Waals surface area (Å²) in [6.45, 7) is 2.01. The fraction of sp³-hybridized carbons (Fsp3) is 0.417. The highest BCUT2D eigenvalue weighted by Crippen LogP contribution is 2.33. The monoisotopic (exact) mass is 219 g/mol. The first-order valence-electron chi connectivity index (χ1n) is 5.43. The Balaban J connectivity index is 2.52. The Morgan fingerprint density at radius 1 is 1.44 bits per heavy atom. The standard InChI is InChI=1S/C12H13NO3/c1-2-8-6-10-9(12(14)7-8)4-3-5-11(10)13(15)16/h3-5,8H,2,6-7H2,1H3. The Hall–Kier alpha value is -1.71. The highest BCUT2D eigenvalue weighted by atomic mass is 16.6. The molecule has 0 saturated heterocycles. The van der Waals surface area contributed by atoms with E-state index < -0.39 is 4.92 Å². The van der Waals surface area contributed by atoms with Gasteiger partial charge in [-0.1, -0.05) is 25.5 Å². The van der Waals surface area contributed by atoms with Crippen LogP contribution in [0.25, 0.3) is 0 Å². The molecule has 0 radical (unpaired) electrons. The van der Waals surface area contributed by atoms with E-state index in [4.69, 9.17) is 0 Å². The molecular formula is C12H13NO3. The first-order valence-corrected chi connectivity index (χ1v) is 5.43. The van der Waals surface area contributed by atoms with E-state index in [2.05, 4.69) is 0 Å². The van der Waals surface area contributed by atoms with Crippen molar-refractivity contribution in [2.24, 2.45) is 5.92 Å². The van der Waals surface area contributed by atoms with Gasteiger partial charge in [0.1, 0.15) is 0 Å². The van der Waals surface area contributed by atoms with Gasteiger partial charge in [-0.3, -0.25) is 14.9 Å². The van der Waals surface area contributed by atoms with E-state index in [-0.39, 0.29) is 17.4 Å². The Labute approximate surface area is 93.4 Å². The predicted molar refractivity (Wildman–Crippen MR) is 59.5 cm³/mol. The van der Waals surface area contributed by atoms with Crippen molar-refractivity contribution in [1.29, 1.82) is 0 Å². The fourth-order valence-corrected chi connectivity index (χ4v) is 2.24. The third-order valence-electron chi connectivity index (χ3n) is 3.19. The molecule has 0 fully saturated rings. The molecule has 0 N–H and O–H groups in total. The van der Waals surface area contributed by atoms with Gasteiger partial charge in [0.2, 0.25) is 0 Å². The summed E-state index contributed by atoms with van der Waals surface area (Å²) in [6.07, 6.45) is 2.05. The van der Waals surface area contributed by atoms with Gasteiger partial charge in [-0.15, -0.1) is 0 Å². The zero-order valence-electron chi connectivity index (χ0n) is 9.10. The summed E-state index contributed by atoms with van der Waals surface area (Å²) in [4.78, 5) is 22.3. The minimum Gasteiger partial charge on any atom is -0.294 e. The van der Waals surface area contributed by atoms with Crippen molar-refractivity contribution in [3.63, 3.8) is 0 Å². The van der Waals surface area contributed by atoms with Gasteiger partial charge in [-0.25, -0.2) is 0 Å². The van der Waals surface area contributed by atoms with E-state index in [0.29, 0.717) is 24.0 Å². The summed E-state index contributed by atoms with van der Waals surface area (Å²) in [7, 11) is 0. The summed E-state index contributed by atoms with van der Waals surface area (Å²) < 4.78 is 0. The van der Waals surface area contributed by atoms with Crippen LogP contribution in [0, 0.1) is 16.0 Å². The van der Waals surface area contributed by atoms with Crippen LogP contribution in [0.1, 0.15) is 35.7 Å². The molecular weight excluding hydrogens is 206 g/mol. The first-order chi connectivity index (χ1) is 7.63. The Bertz CT molecular complexity index is 439. The molecule has 0 bridgehead atoms. The number of Topliss-reactive ketones (excluding diaryl/α,β-unsaturated/α-hetero) is 1. The van der Waals surface area contributed by atoms with E-state index >= 15 is 0 Å². The van der Waals surface area contributed by atoms with Gasteiger partial charge in [0.05, 0.1) is 4.92 Å². The van der Waals surface area contributed by atoms with Crippen LogP contribution in [0.4, 0.5) is 5.69 Å². The van der Waals surface area contributed by atoms with E-state index in [1.54, 1.807) is 12.1 Å². The van der Waals surface area contributed by atoms with Gasteiger partial charge in [0.15, 0.2) is 5.78 Å². The van der Waals surface area contributed by atoms with E-state index in [1.807, 2.05) is 6.92 Å². The highest BCUT2D eigenvalue weighted by Gasteiger charge is 2.29. The maximum atomic E-state index is 11.8. The van der Waals surface area contributed by atoms with Crippen LogP contribution in [0.2, 0.25) is 0 Å². The molecule has 1 aromatic rings. The third kappa shape index (κ3) is 1.71. The molecule has 0 amide bonds. The van der Waals surface area contributed by atoms with Crippen LogP contribution in [-0.2, 0) is 6.42 Å². The summed E-state index contributed by atoms with van der Waals surface area (Å²) in [5.41, 5.74) is 1.25. The second-order valence-electron chi connectivity index (χ2n) is 4.17. The lowest BCUT2D eigenvalue weighted by Gasteiger charge is -2.21. The average Bonchev–Trinajstić information content (AvgIpc) is 2.28. The third-order valence-corrected chi connectivity index (χ3v) is 3.19. The molecule has 1 aromatic carbocycles. The highest BCUT2D eigenvalue weighted by molar-refractivity contribution is 5.99. The lowest BCUT2D eigenvalue weighted by Crippen LogP contribution is -2.20. The topological polar surface area (TPSA) is 60.2 Å². The number of ketones is 1. The van der Waals surface area contributed by atoms with Crippen LogP contribution in [-0.4, -0.2) is 10.7 Å². The second-order valence-corrected chi connectivity index (χ2v) is 4.17. The Kier molecular flexibility index (Phi) is 2.73. The molecule has 16 heavy (non-hydrogen) atoms. The zero-order valence-corrected chi connectivity index (χ0v) is 9.10. The number of benzene rings is 1. The van der Waals surface area contributed by atoms with Crippen molar-refractivity contribution in [1.82, 2.24) is 0 Å². The van der Waals surface area contributed by atoms with Crippen molar-refractivity contribution < 1.29 is 9.72 Å². The maximum absolute atomic E-state index is 11.8. The number of rotatable bonds is 2. The normalized spacial score (nSPS) is 19.3. The van der Waals surface area contributed by atoms with Crippen LogP contribution in [0.15, 0.2) is 18.2 Å². The minimum absolute atomic E-state index is 0.0387. The van der Waals surface area contributed by atoms with Gasteiger partial charge in [-0.05, 0) is 12.3 Å². The van der Waals surface area contributed by atoms with Crippen LogP contribution in [0.5, 0.6) is 0 Å². The molecule has 1 aliphatic carbocycles. The number of carbonyl (C=O) groups is 1. The number of hydrogen-bond acceptors (Lipinski definition) is 3. The van der Waals surface area contributed by atoms with Crippen LogP contribution < -0.4 is 0 Å². The predicted octanol–water partition coefficient (Wildman–Crippen LogP) is 2.75.